The van der Waals surface area contributed by atoms with Crippen LogP contribution in [-0.4, -0.2) is 38.4 Å². The van der Waals surface area contributed by atoms with Crippen molar-refractivity contribution in [3.63, 3.8) is 0 Å². The minimum atomic E-state index is -1.48. The Morgan fingerprint density at radius 1 is 1.08 bits per heavy atom. The summed E-state index contributed by atoms with van der Waals surface area (Å²) in [6.07, 6.45) is 1.01. The first-order valence-corrected chi connectivity index (χ1v) is 11.1. The number of hydrogen-bond donors (Lipinski definition) is 2. The average molecular weight is 499 g/mol. The molecule has 0 saturated carbocycles. The van der Waals surface area contributed by atoms with E-state index in [-0.39, 0.29) is 24.0 Å². The number of anilines is 1. The molecule has 1 atom stereocenters. The fourth-order valence-electron chi connectivity index (χ4n) is 4.61. The smallest absolute Gasteiger partial charge is 0.261 e. The largest absolute Gasteiger partial charge is 0.381 e. The number of halogens is 4. The van der Waals surface area contributed by atoms with Gasteiger partial charge in [0.25, 0.3) is 11.5 Å². The van der Waals surface area contributed by atoms with Crippen molar-refractivity contribution in [3.05, 3.63) is 80.8 Å². The van der Waals surface area contributed by atoms with Crippen molar-refractivity contribution < 1.29 is 22.4 Å². The van der Waals surface area contributed by atoms with Crippen LogP contribution in [0.15, 0.2) is 35.3 Å². The Hall–Kier alpha value is -4.15. The second kappa shape index (κ2) is 8.51. The van der Waals surface area contributed by atoms with Gasteiger partial charge in [-0.15, -0.1) is 0 Å². The number of amides is 1. The summed E-state index contributed by atoms with van der Waals surface area (Å²) in [6.45, 7) is 2.03. The lowest BCUT2D eigenvalue weighted by Crippen LogP contribution is -2.23. The average Bonchev–Trinajstić information content (AvgIpc) is 3.29. The van der Waals surface area contributed by atoms with Gasteiger partial charge in [-0.05, 0) is 37.1 Å². The van der Waals surface area contributed by atoms with E-state index in [4.69, 9.17) is 0 Å². The summed E-state index contributed by atoms with van der Waals surface area (Å²) >= 11 is 0. The normalized spacial score (nSPS) is 14.0. The molecule has 1 aliphatic rings. The molecule has 0 bridgehead atoms. The third-order valence-electron chi connectivity index (χ3n) is 6.39. The highest BCUT2D eigenvalue weighted by Gasteiger charge is 2.27. The van der Waals surface area contributed by atoms with E-state index in [1.165, 1.54) is 6.20 Å². The molecule has 0 aliphatic carbocycles. The molecule has 1 amide bonds. The van der Waals surface area contributed by atoms with E-state index in [0.29, 0.717) is 34.7 Å². The van der Waals surface area contributed by atoms with E-state index in [0.717, 1.165) is 5.56 Å². The number of pyridine rings is 1. The van der Waals surface area contributed by atoms with Crippen molar-refractivity contribution in [2.45, 2.75) is 25.9 Å². The zero-order valence-corrected chi connectivity index (χ0v) is 19.5. The van der Waals surface area contributed by atoms with Crippen molar-refractivity contribution in [1.82, 2.24) is 19.4 Å². The molecule has 3 heterocycles. The number of nitrogens with zero attached hydrogens (tertiary/aromatic N) is 3. The van der Waals surface area contributed by atoms with Gasteiger partial charge in [-0.25, -0.2) is 22.5 Å². The van der Waals surface area contributed by atoms with Crippen molar-refractivity contribution in [2.24, 2.45) is 7.05 Å². The maximum absolute atomic E-state index is 14.2. The highest BCUT2D eigenvalue weighted by Crippen LogP contribution is 2.32. The predicted molar refractivity (Wildman–Crippen MR) is 126 cm³/mol. The van der Waals surface area contributed by atoms with E-state index in [1.54, 1.807) is 42.6 Å². The van der Waals surface area contributed by atoms with Crippen LogP contribution in [0.5, 0.6) is 0 Å². The number of nitrogens with one attached hydrogen (secondary N) is 2. The van der Waals surface area contributed by atoms with E-state index >= 15 is 0 Å². The minimum Gasteiger partial charge on any atom is -0.381 e. The quantitative estimate of drug-likeness (QED) is 0.320. The van der Waals surface area contributed by atoms with Gasteiger partial charge in [0.1, 0.15) is 11.4 Å². The topological polar surface area (TPSA) is 83.0 Å². The zero-order valence-electron chi connectivity index (χ0n) is 19.5. The lowest BCUT2D eigenvalue weighted by molar-refractivity contribution is 0.0816. The number of carbonyl (C=O) groups is 1. The molecule has 0 radical (unpaired) electrons. The van der Waals surface area contributed by atoms with Crippen LogP contribution in [0.1, 0.15) is 28.4 Å². The zero-order chi connectivity index (χ0) is 25.9. The number of fused-ring (bicyclic) bond motifs is 2. The SMILES string of the molecule is C[C@@H](Cc1c(F)c(F)cc(F)c1F)Nc1cc[nH]c(=O)c1-c1nc2cc3c(cc2n1C)CN(C)C3=O. The number of benzene rings is 2. The van der Waals surface area contributed by atoms with Crippen LogP contribution in [0.3, 0.4) is 0 Å². The first kappa shape index (κ1) is 23.6. The molecule has 7 nitrogen and oxygen atoms in total. The van der Waals surface area contributed by atoms with Crippen LogP contribution in [0, 0.1) is 23.3 Å². The Bertz CT molecular complexity index is 1580. The molecule has 0 spiro atoms. The number of H-pyrrole nitrogens is 1. The van der Waals surface area contributed by atoms with Gasteiger partial charge in [-0.2, -0.15) is 0 Å². The number of carbonyl (C=O) groups excluding carboxylic acids is 1. The summed E-state index contributed by atoms with van der Waals surface area (Å²) < 4.78 is 57.3. The number of hydrogen-bond acceptors (Lipinski definition) is 4. The summed E-state index contributed by atoms with van der Waals surface area (Å²) in [5.41, 5.74) is 1.92. The van der Waals surface area contributed by atoms with Crippen LogP contribution < -0.4 is 10.9 Å². The summed E-state index contributed by atoms with van der Waals surface area (Å²) in [5.74, 6) is -5.69. The molecule has 11 heteroatoms. The molecule has 5 rings (SSSR count). The highest BCUT2D eigenvalue weighted by molar-refractivity contribution is 6.02. The van der Waals surface area contributed by atoms with Gasteiger partial charge < -0.3 is 19.8 Å². The third kappa shape index (κ3) is 3.71. The molecule has 36 heavy (non-hydrogen) atoms. The van der Waals surface area contributed by atoms with Gasteiger partial charge >= 0.3 is 0 Å². The first-order valence-electron chi connectivity index (χ1n) is 11.1. The standard InChI is InChI=1S/C25H21F4N5O2/c1-11(6-14-21(28)15(26)9-16(27)22(14)29)31-17-4-5-30-24(35)20(17)23-32-18-8-13-12(7-19(18)34(23)3)10-33(2)25(13)36/h4-5,7-9,11H,6,10H2,1-3H3,(H2,30,31,35)/t11-/m0/s1. The summed E-state index contributed by atoms with van der Waals surface area (Å²) in [7, 11) is 3.45. The lowest BCUT2D eigenvalue weighted by Gasteiger charge is -2.18. The molecule has 186 valence electrons. The fourth-order valence-corrected chi connectivity index (χ4v) is 4.61. The number of rotatable bonds is 5. The van der Waals surface area contributed by atoms with Crippen LogP contribution >= 0.6 is 0 Å². The van der Waals surface area contributed by atoms with Crippen molar-refractivity contribution >= 4 is 22.6 Å². The van der Waals surface area contributed by atoms with Crippen LogP contribution in [0.4, 0.5) is 23.2 Å². The molecule has 0 fully saturated rings. The van der Waals surface area contributed by atoms with E-state index in [9.17, 15) is 27.2 Å². The van der Waals surface area contributed by atoms with Crippen LogP contribution in [-0.2, 0) is 20.0 Å². The van der Waals surface area contributed by atoms with E-state index < -0.39 is 40.4 Å². The first-order chi connectivity index (χ1) is 17.1. The maximum atomic E-state index is 14.2. The van der Waals surface area contributed by atoms with Crippen LogP contribution in [0.2, 0.25) is 0 Å². The summed E-state index contributed by atoms with van der Waals surface area (Å²) in [5, 5.41) is 3.01. The minimum absolute atomic E-state index is 0.110. The predicted octanol–water partition coefficient (Wildman–Crippen LogP) is 4.11. The molecule has 1 aliphatic heterocycles. The number of imidazole rings is 1. The maximum Gasteiger partial charge on any atom is 0.261 e. The van der Waals surface area contributed by atoms with Gasteiger partial charge in [0.05, 0.1) is 16.7 Å². The van der Waals surface area contributed by atoms with Gasteiger partial charge in [-0.1, -0.05) is 0 Å². The summed E-state index contributed by atoms with van der Waals surface area (Å²) in [4.78, 5) is 34.1. The second-order valence-corrected chi connectivity index (χ2v) is 8.95. The molecule has 0 unspecified atom stereocenters. The Kier molecular flexibility index (Phi) is 5.57. The number of aromatic amines is 1. The van der Waals surface area contributed by atoms with Gasteiger partial charge in [0.2, 0.25) is 0 Å². The van der Waals surface area contributed by atoms with E-state index in [2.05, 4.69) is 15.3 Å². The Labute approximate surface area is 202 Å². The lowest BCUT2D eigenvalue weighted by atomic mass is 10.0. The number of aromatic nitrogens is 3. The fraction of sp³-hybridized carbons (Fsp3) is 0.240. The van der Waals surface area contributed by atoms with Gasteiger partial charge in [-0.3, -0.25) is 9.59 Å². The van der Waals surface area contributed by atoms with Crippen molar-refractivity contribution in [1.29, 1.82) is 0 Å². The highest BCUT2D eigenvalue weighted by atomic mass is 19.2. The van der Waals surface area contributed by atoms with E-state index in [1.807, 2.05) is 6.07 Å². The third-order valence-corrected chi connectivity index (χ3v) is 6.39. The molecule has 2 aromatic heterocycles. The Morgan fingerprint density at radius 3 is 2.47 bits per heavy atom. The monoisotopic (exact) mass is 499 g/mol. The molecule has 2 N–H and O–H groups in total. The van der Waals surface area contributed by atoms with Crippen LogP contribution in [0.25, 0.3) is 22.4 Å². The Balaban J connectivity index is 1.53. The second-order valence-electron chi connectivity index (χ2n) is 8.95. The van der Waals surface area contributed by atoms with Gasteiger partial charge in [0, 0.05) is 50.1 Å². The van der Waals surface area contributed by atoms with Gasteiger partial charge in [0.15, 0.2) is 23.3 Å². The Morgan fingerprint density at radius 2 is 1.78 bits per heavy atom. The molecular weight excluding hydrogens is 478 g/mol. The molecule has 4 aromatic rings. The molecule has 0 saturated heterocycles. The molecule has 2 aromatic carbocycles. The molecular formula is C25H21F4N5O2. The number of aryl methyl sites for hydroxylation is 1. The van der Waals surface area contributed by atoms with Crippen molar-refractivity contribution in [2.75, 3.05) is 12.4 Å². The summed E-state index contributed by atoms with van der Waals surface area (Å²) in [6, 6.07) is 4.55. The van der Waals surface area contributed by atoms with Crippen molar-refractivity contribution in [3.8, 4) is 11.4 Å².